The Morgan fingerprint density at radius 3 is 1.89 bits per heavy atom. The van der Waals surface area contributed by atoms with Gasteiger partial charge in [0, 0.05) is 38.4 Å². The van der Waals surface area contributed by atoms with Gasteiger partial charge < -0.3 is 18.2 Å². The van der Waals surface area contributed by atoms with E-state index in [1.165, 1.54) is 0 Å². The van der Waals surface area contributed by atoms with Crippen molar-refractivity contribution in [1.82, 2.24) is 0 Å². The molecule has 0 N–H and O–H groups in total. The highest BCUT2D eigenvalue weighted by Gasteiger charge is 2.24. The van der Waals surface area contributed by atoms with Crippen LogP contribution in [-0.4, -0.2) is 0 Å². The minimum absolute atomic E-state index is 0.827. The molecule has 206 valence electrons. The smallest absolute Gasteiger partial charge is 0.159 e. The van der Waals surface area contributed by atoms with Gasteiger partial charge in [0.1, 0.15) is 27.9 Å². The molecule has 10 aromatic rings. The minimum atomic E-state index is 0.827. The summed E-state index contributed by atoms with van der Waals surface area (Å²) in [5.41, 5.74) is 8.03. The van der Waals surface area contributed by atoms with Crippen LogP contribution in [0.2, 0.25) is 0 Å². The van der Waals surface area contributed by atoms with Crippen LogP contribution in [0.25, 0.3) is 76.6 Å². The van der Waals surface area contributed by atoms with Crippen molar-refractivity contribution >= 4 is 93.7 Å². The monoisotopic (exact) mass is 565 g/mol. The van der Waals surface area contributed by atoms with Crippen LogP contribution in [0.1, 0.15) is 0 Å². The van der Waals surface area contributed by atoms with Crippen LogP contribution in [0.3, 0.4) is 0 Å². The lowest BCUT2D eigenvalue weighted by Gasteiger charge is -2.26. The summed E-state index contributed by atoms with van der Waals surface area (Å²) in [6, 6.07) is 48.2. The lowest BCUT2D eigenvalue weighted by atomic mass is 10.0. The molecule has 0 amide bonds. The van der Waals surface area contributed by atoms with Crippen molar-refractivity contribution in [2.24, 2.45) is 0 Å². The molecule has 0 saturated carbocycles. The van der Waals surface area contributed by atoms with Gasteiger partial charge in [0.2, 0.25) is 0 Å². The summed E-state index contributed by atoms with van der Waals surface area (Å²) in [6.07, 6.45) is 0. The zero-order chi connectivity index (χ0) is 28.8. The first-order valence-corrected chi connectivity index (χ1v) is 14.8. The van der Waals surface area contributed by atoms with Crippen LogP contribution in [-0.2, 0) is 0 Å². The Bertz CT molecular complexity index is 2740. The Hall–Kier alpha value is -6.00. The van der Waals surface area contributed by atoms with Crippen molar-refractivity contribution in [2.45, 2.75) is 0 Å². The van der Waals surface area contributed by atoms with E-state index >= 15 is 0 Å². The van der Waals surface area contributed by atoms with Gasteiger partial charge >= 0.3 is 0 Å². The van der Waals surface area contributed by atoms with Gasteiger partial charge in [-0.2, -0.15) is 0 Å². The molecule has 4 heteroatoms. The molecule has 0 spiro atoms. The first-order valence-electron chi connectivity index (χ1n) is 14.8. The van der Waals surface area contributed by atoms with Gasteiger partial charge in [-0.15, -0.1) is 0 Å². The van der Waals surface area contributed by atoms with E-state index in [1.54, 1.807) is 0 Å². The topological polar surface area (TPSA) is 42.7 Å². The Kier molecular flexibility index (Phi) is 4.69. The fraction of sp³-hybridized carbons (Fsp3) is 0. The number of hydrogen-bond acceptors (Lipinski definition) is 4. The highest BCUT2D eigenvalue weighted by atomic mass is 16.3. The van der Waals surface area contributed by atoms with Crippen LogP contribution in [0.15, 0.2) is 153 Å². The average Bonchev–Trinajstić information content (AvgIpc) is 3.76. The number of furan rings is 3. The second-order valence-corrected chi connectivity index (χ2v) is 11.3. The Balaban J connectivity index is 1.32. The zero-order valence-electron chi connectivity index (χ0n) is 23.5. The van der Waals surface area contributed by atoms with E-state index in [2.05, 4.69) is 108 Å². The molecular formula is C40H23NO3. The Morgan fingerprint density at radius 2 is 0.977 bits per heavy atom. The van der Waals surface area contributed by atoms with Crippen molar-refractivity contribution < 1.29 is 13.3 Å². The summed E-state index contributed by atoms with van der Waals surface area (Å²) in [5.74, 6) is 0. The lowest BCUT2D eigenvalue weighted by molar-refractivity contribution is 0.668. The molecule has 3 aromatic heterocycles. The number of rotatable bonds is 3. The van der Waals surface area contributed by atoms with Crippen LogP contribution >= 0.6 is 0 Å². The van der Waals surface area contributed by atoms with Gasteiger partial charge in [0.25, 0.3) is 0 Å². The third-order valence-electron chi connectivity index (χ3n) is 8.85. The highest BCUT2D eigenvalue weighted by molar-refractivity contribution is 6.19. The third kappa shape index (κ3) is 3.22. The first-order chi connectivity index (χ1) is 21.8. The molecule has 0 radical (unpaired) electrons. The van der Waals surface area contributed by atoms with Crippen LogP contribution < -0.4 is 4.90 Å². The molecule has 0 aliphatic heterocycles. The van der Waals surface area contributed by atoms with E-state index in [4.69, 9.17) is 13.3 Å². The Labute approximate surface area is 250 Å². The van der Waals surface area contributed by atoms with E-state index in [0.717, 1.165) is 93.7 Å². The third-order valence-corrected chi connectivity index (χ3v) is 8.85. The van der Waals surface area contributed by atoms with E-state index in [-0.39, 0.29) is 0 Å². The molecular weight excluding hydrogens is 542 g/mol. The van der Waals surface area contributed by atoms with Crippen molar-refractivity contribution in [3.63, 3.8) is 0 Å². The molecule has 0 saturated heterocycles. The summed E-state index contributed by atoms with van der Waals surface area (Å²) < 4.78 is 19.6. The molecule has 0 bridgehead atoms. The zero-order valence-corrected chi connectivity index (χ0v) is 23.5. The number of anilines is 3. The maximum atomic E-state index is 6.85. The summed E-state index contributed by atoms with van der Waals surface area (Å²) in [4.78, 5) is 2.28. The van der Waals surface area contributed by atoms with Gasteiger partial charge in [0.15, 0.2) is 5.58 Å². The Morgan fingerprint density at radius 1 is 0.364 bits per heavy atom. The molecule has 3 heterocycles. The van der Waals surface area contributed by atoms with Crippen molar-refractivity contribution in [3.05, 3.63) is 140 Å². The second kappa shape index (κ2) is 8.76. The quantitative estimate of drug-likeness (QED) is 0.214. The number of para-hydroxylation sites is 3. The minimum Gasteiger partial charge on any atom is -0.456 e. The fourth-order valence-electron chi connectivity index (χ4n) is 6.89. The number of benzene rings is 7. The largest absolute Gasteiger partial charge is 0.456 e. The van der Waals surface area contributed by atoms with E-state index < -0.39 is 0 Å². The highest BCUT2D eigenvalue weighted by Crippen LogP contribution is 2.47. The molecule has 0 aliphatic carbocycles. The summed E-state index contributed by atoms with van der Waals surface area (Å²) >= 11 is 0. The van der Waals surface area contributed by atoms with Crippen LogP contribution in [0.5, 0.6) is 0 Å². The lowest BCUT2D eigenvalue weighted by Crippen LogP contribution is -2.10. The molecule has 0 unspecified atom stereocenters. The summed E-state index contributed by atoms with van der Waals surface area (Å²) in [6.45, 7) is 0. The molecule has 0 fully saturated rings. The first kappa shape index (κ1) is 23.6. The number of nitrogens with zero attached hydrogens (tertiary/aromatic N) is 1. The predicted octanol–water partition coefficient (Wildman–Crippen LogP) is 12.0. The van der Waals surface area contributed by atoms with Gasteiger partial charge in [-0.3, -0.25) is 0 Å². The van der Waals surface area contributed by atoms with E-state index in [0.29, 0.717) is 0 Å². The standard InChI is InChI=1S/C40H23NO3/c1-2-10-26-24(9-1)19-21-30-29-13-7-15-33(40(29)44-39(26)30)41(25-20-22-28-27-11-3-5-16-34(27)43-37(28)23-25)32-14-8-18-36-38(32)31-12-4-6-17-35(31)42-36/h1-23H. The molecule has 0 atom stereocenters. The van der Waals surface area contributed by atoms with Crippen LogP contribution in [0.4, 0.5) is 17.1 Å². The predicted molar refractivity (Wildman–Crippen MR) is 180 cm³/mol. The summed E-state index contributed by atoms with van der Waals surface area (Å²) in [7, 11) is 0. The van der Waals surface area contributed by atoms with Crippen LogP contribution in [0, 0.1) is 0 Å². The molecule has 7 aromatic carbocycles. The maximum absolute atomic E-state index is 6.85. The van der Waals surface area contributed by atoms with E-state index in [9.17, 15) is 0 Å². The maximum Gasteiger partial charge on any atom is 0.159 e. The van der Waals surface area contributed by atoms with Crippen molar-refractivity contribution in [3.8, 4) is 0 Å². The van der Waals surface area contributed by atoms with E-state index in [1.807, 2.05) is 36.4 Å². The van der Waals surface area contributed by atoms with Gasteiger partial charge in [-0.1, -0.05) is 84.9 Å². The van der Waals surface area contributed by atoms with Crippen molar-refractivity contribution in [2.75, 3.05) is 4.90 Å². The van der Waals surface area contributed by atoms with Gasteiger partial charge in [-0.05, 0) is 53.9 Å². The molecule has 10 rings (SSSR count). The second-order valence-electron chi connectivity index (χ2n) is 11.3. The van der Waals surface area contributed by atoms with Gasteiger partial charge in [0.05, 0.1) is 22.4 Å². The fourth-order valence-corrected chi connectivity index (χ4v) is 6.89. The average molecular weight is 566 g/mol. The number of fused-ring (bicyclic) bond motifs is 11. The molecule has 4 nitrogen and oxygen atoms in total. The summed E-state index contributed by atoms with van der Waals surface area (Å²) in [5, 5.41) is 8.73. The molecule has 0 aliphatic rings. The molecule has 44 heavy (non-hydrogen) atoms. The van der Waals surface area contributed by atoms with Gasteiger partial charge in [-0.25, -0.2) is 0 Å². The normalized spacial score (nSPS) is 12.1. The van der Waals surface area contributed by atoms with Crippen molar-refractivity contribution in [1.29, 1.82) is 0 Å². The SMILES string of the molecule is c1ccc2c(c1)ccc1c3cccc(N(c4ccc5c(c4)oc4ccccc45)c4cccc5oc6ccccc6c45)c3oc21. The number of hydrogen-bond donors (Lipinski definition) is 0.